The van der Waals surface area contributed by atoms with Crippen molar-refractivity contribution < 1.29 is 38.1 Å². The van der Waals surface area contributed by atoms with Crippen LogP contribution in [0.15, 0.2) is 17.1 Å². The molecule has 5 N–H and O–H groups in total. The number of nitrogens with one attached hydrogen (secondary N) is 3. The third-order valence-corrected chi connectivity index (χ3v) is 6.35. The molecule has 1 aliphatic rings. The molecule has 12 nitrogen and oxygen atoms in total. The number of anilines is 1. The Balaban J connectivity index is 2.05. The van der Waals surface area contributed by atoms with E-state index in [4.69, 9.17) is 9.84 Å². The standard InChI is InChI=1S/C25H39F2N5O7/c1-3-4-5-6-7-11-20(35)29-17(10-8-9-13-28-16(2)34)22(37)30-19-12-14-32(24(38)31-19)23-25(26,27)21(36)18(15-33)39-23/h12,14,17-18,21,23,33,36H,3-11,13,15H2,1-2H3,(H,28,34)(H,29,35)(H,30,31,37,38)/t17-,18+,21+,23+/m0/s1. The van der Waals surface area contributed by atoms with Crippen molar-refractivity contribution in [3.63, 3.8) is 0 Å². The van der Waals surface area contributed by atoms with E-state index in [-0.39, 0.29) is 30.5 Å². The molecule has 1 aliphatic heterocycles. The number of carbonyl (C=O) groups excluding carboxylic acids is 3. The van der Waals surface area contributed by atoms with E-state index < -0.39 is 48.6 Å². The summed E-state index contributed by atoms with van der Waals surface area (Å²) in [6.07, 6.45) is 1.19. The van der Waals surface area contributed by atoms with E-state index in [1.54, 1.807) is 0 Å². The summed E-state index contributed by atoms with van der Waals surface area (Å²) in [5.41, 5.74) is -1.17. The van der Waals surface area contributed by atoms with Gasteiger partial charge in [-0.05, 0) is 31.7 Å². The van der Waals surface area contributed by atoms with E-state index in [0.717, 1.165) is 37.9 Å². The van der Waals surface area contributed by atoms with Gasteiger partial charge in [0.1, 0.15) is 18.0 Å². The Labute approximate surface area is 225 Å². The molecule has 1 aromatic heterocycles. The van der Waals surface area contributed by atoms with Crippen molar-refractivity contribution in [3.05, 3.63) is 22.7 Å². The van der Waals surface area contributed by atoms with Crippen LogP contribution in [-0.4, -0.2) is 74.8 Å². The van der Waals surface area contributed by atoms with Crippen molar-refractivity contribution in [3.8, 4) is 0 Å². The predicted octanol–water partition coefficient (Wildman–Crippen LogP) is 1.22. The van der Waals surface area contributed by atoms with Crippen LogP contribution in [0, 0.1) is 0 Å². The number of hydrogen-bond donors (Lipinski definition) is 5. The maximum absolute atomic E-state index is 14.4. The zero-order valence-corrected chi connectivity index (χ0v) is 22.3. The van der Waals surface area contributed by atoms with Crippen LogP contribution in [0.2, 0.25) is 0 Å². The molecular formula is C25H39F2N5O7. The van der Waals surface area contributed by atoms with Gasteiger partial charge < -0.3 is 30.9 Å². The lowest BCUT2D eigenvalue weighted by Crippen LogP contribution is -2.44. The minimum atomic E-state index is -3.87. The van der Waals surface area contributed by atoms with Crippen molar-refractivity contribution in [2.45, 2.75) is 102 Å². The number of alkyl halides is 2. The number of rotatable bonds is 16. The molecule has 1 fully saturated rings. The first-order chi connectivity index (χ1) is 18.5. The van der Waals surface area contributed by atoms with Crippen LogP contribution < -0.4 is 21.6 Å². The fraction of sp³-hybridized carbons (Fsp3) is 0.720. The Kier molecular flexibility index (Phi) is 12.9. The van der Waals surface area contributed by atoms with Gasteiger partial charge in [-0.2, -0.15) is 13.8 Å². The second kappa shape index (κ2) is 15.6. The number of carbonyl (C=O) groups is 3. The maximum atomic E-state index is 14.4. The smallest absolute Gasteiger partial charge is 0.351 e. The van der Waals surface area contributed by atoms with E-state index in [9.17, 15) is 33.1 Å². The third-order valence-electron chi connectivity index (χ3n) is 6.35. The number of aliphatic hydroxyl groups excluding tert-OH is 2. The number of amides is 3. The van der Waals surface area contributed by atoms with Crippen molar-refractivity contribution in [2.24, 2.45) is 0 Å². The quantitative estimate of drug-likeness (QED) is 0.188. The molecule has 39 heavy (non-hydrogen) atoms. The van der Waals surface area contributed by atoms with Crippen molar-refractivity contribution in [1.82, 2.24) is 20.2 Å². The molecule has 2 heterocycles. The van der Waals surface area contributed by atoms with Gasteiger partial charge in [-0.3, -0.25) is 19.0 Å². The Hall–Kier alpha value is -2.97. The Morgan fingerprint density at radius 2 is 1.90 bits per heavy atom. The molecule has 3 amide bonds. The summed E-state index contributed by atoms with van der Waals surface area (Å²) in [5.74, 6) is -5.21. The van der Waals surface area contributed by atoms with Gasteiger partial charge >= 0.3 is 11.6 Å². The molecule has 1 saturated heterocycles. The highest BCUT2D eigenvalue weighted by Crippen LogP contribution is 2.41. The molecule has 2 rings (SSSR count). The zero-order chi connectivity index (χ0) is 29.0. The van der Waals surface area contributed by atoms with Crippen molar-refractivity contribution >= 4 is 23.5 Å². The highest BCUT2D eigenvalue weighted by molar-refractivity contribution is 5.96. The van der Waals surface area contributed by atoms with Crippen LogP contribution in [0.1, 0.15) is 77.9 Å². The summed E-state index contributed by atoms with van der Waals surface area (Å²) < 4.78 is 34.2. The van der Waals surface area contributed by atoms with E-state index in [2.05, 4.69) is 27.9 Å². The van der Waals surface area contributed by atoms with Gasteiger partial charge in [-0.15, -0.1) is 0 Å². The Bertz CT molecular complexity index is 1020. The average Bonchev–Trinajstić information content (AvgIpc) is 3.10. The average molecular weight is 560 g/mol. The van der Waals surface area contributed by atoms with Gasteiger partial charge in [0.2, 0.25) is 23.9 Å². The summed E-state index contributed by atoms with van der Waals surface area (Å²) in [5, 5.41) is 26.6. The molecule has 0 saturated carbocycles. The first kappa shape index (κ1) is 32.2. The number of nitrogens with zero attached hydrogens (tertiary/aromatic N) is 2. The van der Waals surface area contributed by atoms with E-state index >= 15 is 0 Å². The second-order valence-corrected chi connectivity index (χ2v) is 9.58. The van der Waals surface area contributed by atoms with Crippen molar-refractivity contribution in [1.29, 1.82) is 0 Å². The van der Waals surface area contributed by atoms with Crippen LogP contribution >= 0.6 is 0 Å². The van der Waals surface area contributed by atoms with Crippen LogP contribution in [0.25, 0.3) is 0 Å². The normalized spacial score (nSPS) is 20.8. The number of hydrogen-bond acceptors (Lipinski definition) is 8. The van der Waals surface area contributed by atoms with E-state index in [1.807, 2.05) is 0 Å². The van der Waals surface area contributed by atoms with Gasteiger partial charge in [0, 0.05) is 26.1 Å². The molecule has 0 spiro atoms. The largest absolute Gasteiger partial charge is 0.394 e. The van der Waals surface area contributed by atoms with E-state index in [0.29, 0.717) is 30.4 Å². The zero-order valence-electron chi connectivity index (χ0n) is 22.3. The Morgan fingerprint density at radius 1 is 1.18 bits per heavy atom. The number of ether oxygens (including phenoxy) is 1. The van der Waals surface area contributed by atoms with Crippen LogP contribution in [0.4, 0.5) is 14.6 Å². The molecule has 1 aromatic rings. The molecule has 0 aliphatic carbocycles. The van der Waals surface area contributed by atoms with Crippen molar-refractivity contribution in [2.75, 3.05) is 18.5 Å². The van der Waals surface area contributed by atoms with Gasteiger partial charge in [-0.1, -0.05) is 32.6 Å². The summed E-state index contributed by atoms with van der Waals surface area (Å²) in [7, 11) is 0. The number of unbranched alkanes of at least 4 members (excludes halogenated alkanes) is 5. The van der Waals surface area contributed by atoms with Crippen LogP contribution in [0.5, 0.6) is 0 Å². The molecule has 4 atom stereocenters. The van der Waals surface area contributed by atoms with Gasteiger partial charge in [0.25, 0.3) is 0 Å². The summed E-state index contributed by atoms with van der Waals surface area (Å²) >= 11 is 0. The monoisotopic (exact) mass is 559 g/mol. The van der Waals surface area contributed by atoms with E-state index in [1.165, 1.54) is 6.92 Å². The number of aromatic nitrogens is 2. The van der Waals surface area contributed by atoms with Gasteiger partial charge in [0.05, 0.1) is 6.61 Å². The van der Waals surface area contributed by atoms with Gasteiger partial charge in [-0.25, -0.2) is 4.79 Å². The highest BCUT2D eigenvalue weighted by Gasteiger charge is 2.59. The first-order valence-electron chi connectivity index (χ1n) is 13.3. The summed E-state index contributed by atoms with van der Waals surface area (Å²) in [4.78, 5) is 52.6. The SMILES string of the molecule is CCCCCCCC(=O)N[C@@H](CCCCNC(C)=O)C(=O)Nc1ccn([C@@H]2O[C@H](CO)[C@@H](O)C2(F)F)c(=O)n1. The summed E-state index contributed by atoms with van der Waals surface area (Å²) in [6.45, 7) is 3.02. The molecule has 0 unspecified atom stereocenters. The van der Waals surface area contributed by atoms with Crippen LogP contribution in [0.3, 0.4) is 0 Å². The third kappa shape index (κ3) is 9.62. The lowest BCUT2D eigenvalue weighted by molar-refractivity contribution is -0.141. The summed E-state index contributed by atoms with van der Waals surface area (Å²) in [6, 6.07) is 0.165. The molecule has 0 aromatic carbocycles. The van der Waals surface area contributed by atoms with Gasteiger partial charge in [0.15, 0.2) is 6.10 Å². The molecule has 220 valence electrons. The highest BCUT2D eigenvalue weighted by atomic mass is 19.3. The minimum Gasteiger partial charge on any atom is -0.394 e. The van der Waals surface area contributed by atoms with Crippen LogP contribution in [-0.2, 0) is 19.1 Å². The predicted molar refractivity (Wildman–Crippen MR) is 137 cm³/mol. The second-order valence-electron chi connectivity index (χ2n) is 9.58. The minimum absolute atomic E-state index is 0.177. The number of aliphatic hydroxyl groups is 2. The lowest BCUT2D eigenvalue weighted by Gasteiger charge is -2.21. The molecule has 14 heteroatoms. The maximum Gasteiger partial charge on any atom is 0.351 e. The molecule has 0 bridgehead atoms. The number of halogens is 2. The molecular weight excluding hydrogens is 520 g/mol. The Morgan fingerprint density at radius 3 is 2.51 bits per heavy atom. The fourth-order valence-corrected chi connectivity index (χ4v) is 4.15. The lowest BCUT2D eigenvalue weighted by atomic mass is 10.1. The molecule has 0 radical (unpaired) electrons. The fourth-order valence-electron chi connectivity index (χ4n) is 4.15. The first-order valence-corrected chi connectivity index (χ1v) is 13.3. The topological polar surface area (TPSA) is 172 Å².